The summed E-state index contributed by atoms with van der Waals surface area (Å²) in [6, 6.07) is 0. The molecule has 0 saturated carbocycles. The van der Waals surface area contributed by atoms with Crippen molar-refractivity contribution in [2.45, 2.75) is 78.6 Å². The maximum absolute atomic E-state index is 13.5. The molecule has 0 aromatic carbocycles. The molecule has 0 fully saturated rings. The summed E-state index contributed by atoms with van der Waals surface area (Å²) in [6.45, 7) is 5.45. The van der Waals surface area contributed by atoms with Gasteiger partial charge in [0.05, 0.1) is 12.2 Å². The number of carbonyl (C=O) groups excluding carboxylic acids is 6. The van der Waals surface area contributed by atoms with E-state index in [1.54, 1.807) is 6.92 Å². The van der Waals surface area contributed by atoms with Gasteiger partial charge in [0.25, 0.3) is 5.91 Å². The highest BCUT2D eigenvalue weighted by Gasteiger charge is 2.43. The lowest BCUT2D eigenvalue weighted by atomic mass is 9.95. The van der Waals surface area contributed by atoms with Crippen molar-refractivity contribution >= 4 is 52.1 Å². The molecule has 1 aromatic heterocycles. The fourth-order valence-corrected chi connectivity index (χ4v) is 5.12. The van der Waals surface area contributed by atoms with Crippen molar-refractivity contribution in [3.05, 3.63) is 16.0 Å². The molecule has 1 aromatic rings. The van der Waals surface area contributed by atoms with E-state index in [0.717, 1.165) is 57.4 Å². The molecule has 0 aliphatic heterocycles. The predicted octanol–water partition coefficient (Wildman–Crippen LogP) is 2.10. The van der Waals surface area contributed by atoms with Crippen molar-refractivity contribution in [3.63, 3.8) is 0 Å². The molecule has 12 nitrogen and oxygen atoms in total. The van der Waals surface area contributed by atoms with Crippen molar-refractivity contribution in [1.82, 2.24) is 0 Å². The largest absolute Gasteiger partial charge is 0.462 e. The Bertz CT molecular complexity index is 1050. The molecule has 13 heteroatoms. The number of nitrogens with one attached hydrogen (secondary N) is 1. The molecule has 0 saturated heterocycles. The zero-order valence-electron chi connectivity index (χ0n) is 21.4. The molecule has 2 rings (SSSR count). The Balaban J connectivity index is 2.49. The van der Waals surface area contributed by atoms with Crippen molar-refractivity contribution in [3.8, 4) is 0 Å². The van der Waals surface area contributed by atoms with E-state index < -0.39 is 60.7 Å². The van der Waals surface area contributed by atoms with E-state index >= 15 is 0 Å². The van der Waals surface area contributed by atoms with Gasteiger partial charge in [0.2, 0.25) is 6.10 Å². The zero-order valence-corrected chi connectivity index (χ0v) is 22.2. The van der Waals surface area contributed by atoms with Crippen molar-refractivity contribution in [1.29, 1.82) is 0 Å². The second kappa shape index (κ2) is 13.7. The van der Waals surface area contributed by atoms with Crippen LogP contribution < -0.4 is 5.32 Å². The van der Waals surface area contributed by atoms with Gasteiger partial charge >= 0.3 is 29.8 Å². The van der Waals surface area contributed by atoms with Gasteiger partial charge in [-0.05, 0) is 38.2 Å². The van der Waals surface area contributed by atoms with E-state index in [-0.39, 0.29) is 17.2 Å². The molecule has 3 atom stereocenters. The number of hydrogen-bond acceptors (Lipinski definition) is 12. The van der Waals surface area contributed by atoms with E-state index in [1.165, 1.54) is 11.3 Å². The number of fused-ring (bicyclic) bond motifs is 1. The van der Waals surface area contributed by atoms with Crippen LogP contribution in [0.4, 0.5) is 5.00 Å². The number of amides is 1. The minimum Gasteiger partial charge on any atom is -0.462 e. The molecule has 1 aliphatic carbocycles. The molecule has 204 valence electrons. The summed E-state index contributed by atoms with van der Waals surface area (Å²) < 4.78 is 25.7. The number of rotatable bonds is 11. The summed E-state index contributed by atoms with van der Waals surface area (Å²) in [4.78, 5) is 74.1. The number of aryl methyl sites for hydroxylation is 1. The quantitative estimate of drug-likeness (QED) is 0.323. The number of anilines is 1. The summed E-state index contributed by atoms with van der Waals surface area (Å²) in [5.74, 6) is -4.89. The van der Waals surface area contributed by atoms with Gasteiger partial charge in [0, 0.05) is 32.6 Å². The average Bonchev–Trinajstić information content (AvgIpc) is 3.16. The van der Waals surface area contributed by atoms with Crippen LogP contribution in [0, 0.1) is 0 Å². The van der Waals surface area contributed by atoms with Crippen LogP contribution in [-0.2, 0) is 60.5 Å². The molecule has 37 heavy (non-hydrogen) atoms. The molecule has 1 heterocycles. The SMILES string of the molecule is CCOC(=O)c1c(NC(=O)[C@H](OC(C)=O)[C@@H](OC(C)=O)[C@H](COC(C)=O)OC(C)=O)sc2c1CCCC2. The van der Waals surface area contributed by atoms with Crippen LogP contribution in [0.15, 0.2) is 0 Å². The van der Waals surface area contributed by atoms with Gasteiger partial charge in [-0.15, -0.1) is 11.3 Å². The lowest BCUT2D eigenvalue weighted by Gasteiger charge is -2.30. The predicted molar refractivity (Wildman–Crippen MR) is 129 cm³/mol. The third-order valence-electron chi connectivity index (χ3n) is 5.17. The van der Waals surface area contributed by atoms with Gasteiger partial charge in [0.15, 0.2) is 12.2 Å². The van der Waals surface area contributed by atoms with Crippen molar-refractivity contribution in [2.75, 3.05) is 18.5 Å². The van der Waals surface area contributed by atoms with Crippen molar-refractivity contribution < 1.29 is 52.5 Å². The first-order valence-corrected chi connectivity index (χ1v) is 12.5. The van der Waals surface area contributed by atoms with Gasteiger partial charge < -0.3 is 29.0 Å². The number of thiophene rings is 1. The van der Waals surface area contributed by atoms with Crippen LogP contribution in [0.2, 0.25) is 0 Å². The molecule has 0 bridgehead atoms. The van der Waals surface area contributed by atoms with Crippen LogP contribution >= 0.6 is 11.3 Å². The van der Waals surface area contributed by atoms with Crippen LogP contribution in [0.1, 0.15) is 68.3 Å². The topological polar surface area (TPSA) is 161 Å². The van der Waals surface area contributed by atoms with E-state index in [4.69, 9.17) is 23.7 Å². The summed E-state index contributed by atoms with van der Waals surface area (Å²) in [5, 5.41) is 2.79. The first-order chi connectivity index (χ1) is 17.4. The highest BCUT2D eigenvalue weighted by Crippen LogP contribution is 2.39. The van der Waals surface area contributed by atoms with E-state index in [0.29, 0.717) is 6.42 Å². The molecule has 0 radical (unpaired) electrons. The Morgan fingerprint density at radius 2 is 1.46 bits per heavy atom. The van der Waals surface area contributed by atoms with E-state index in [2.05, 4.69) is 5.32 Å². The molecular weight excluding hydrogens is 510 g/mol. The van der Waals surface area contributed by atoms with Gasteiger partial charge in [-0.2, -0.15) is 0 Å². The molecule has 0 unspecified atom stereocenters. The number of hydrogen-bond donors (Lipinski definition) is 1. The maximum Gasteiger partial charge on any atom is 0.341 e. The Morgan fingerprint density at radius 1 is 0.838 bits per heavy atom. The second-order valence-corrected chi connectivity index (χ2v) is 9.28. The maximum atomic E-state index is 13.5. The zero-order chi connectivity index (χ0) is 27.7. The first-order valence-electron chi connectivity index (χ1n) is 11.7. The lowest BCUT2D eigenvalue weighted by molar-refractivity contribution is -0.190. The monoisotopic (exact) mass is 541 g/mol. The molecule has 1 N–H and O–H groups in total. The molecule has 1 amide bonds. The molecule has 1 aliphatic rings. The minimum atomic E-state index is -1.82. The second-order valence-electron chi connectivity index (χ2n) is 8.18. The smallest absolute Gasteiger partial charge is 0.341 e. The fourth-order valence-electron chi connectivity index (χ4n) is 3.84. The van der Waals surface area contributed by atoms with Gasteiger partial charge in [0.1, 0.15) is 11.6 Å². The normalized spacial score (nSPS) is 14.7. The summed E-state index contributed by atoms with van der Waals surface area (Å²) in [5.41, 5.74) is 1.01. The van der Waals surface area contributed by atoms with Gasteiger partial charge in [-0.3, -0.25) is 24.0 Å². The lowest BCUT2D eigenvalue weighted by Crippen LogP contribution is -2.52. The summed E-state index contributed by atoms with van der Waals surface area (Å²) >= 11 is 1.20. The average molecular weight is 542 g/mol. The van der Waals surface area contributed by atoms with Gasteiger partial charge in [-0.25, -0.2) is 4.79 Å². The summed E-state index contributed by atoms with van der Waals surface area (Å²) in [6.07, 6.45) is -1.83. The van der Waals surface area contributed by atoms with Crippen LogP contribution in [0.5, 0.6) is 0 Å². The fraction of sp³-hybridized carbons (Fsp3) is 0.583. The number of esters is 5. The Labute approximate surface area is 217 Å². The number of carbonyl (C=O) groups is 6. The third kappa shape index (κ3) is 8.55. The third-order valence-corrected chi connectivity index (χ3v) is 6.38. The minimum absolute atomic E-state index is 0.127. The van der Waals surface area contributed by atoms with E-state index in [9.17, 15) is 28.8 Å². The Kier molecular flexibility index (Phi) is 11.0. The van der Waals surface area contributed by atoms with Crippen LogP contribution in [0.3, 0.4) is 0 Å². The van der Waals surface area contributed by atoms with Crippen LogP contribution in [-0.4, -0.2) is 67.3 Å². The number of ether oxygens (including phenoxy) is 5. The van der Waals surface area contributed by atoms with Crippen molar-refractivity contribution in [2.24, 2.45) is 0 Å². The standard InChI is InChI=1S/C24H31NO11S/c1-6-32-24(31)19-16-9-7-8-10-18(16)37-23(19)25-22(30)21(36-15(5)29)20(35-14(4)28)17(34-13(3)27)11-33-12(2)26/h17,20-21H,6-11H2,1-5H3,(H,25,30)/t17-,20-,21+/m0/s1. The van der Waals surface area contributed by atoms with Gasteiger partial charge in [-0.1, -0.05) is 0 Å². The first kappa shape index (κ1) is 29.7. The highest BCUT2D eigenvalue weighted by molar-refractivity contribution is 7.17. The molecular formula is C24H31NO11S. The Hall–Kier alpha value is -3.48. The highest BCUT2D eigenvalue weighted by atomic mass is 32.1. The molecule has 0 spiro atoms. The Morgan fingerprint density at radius 3 is 2.03 bits per heavy atom. The summed E-state index contributed by atoms with van der Waals surface area (Å²) in [7, 11) is 0. The van der Waals surface area contributed by atoms with E-state index in [1.807, 2.05) is 0 Å². The van der Waals surface area contributed by atoms with Crippen LogP contribution in [0.25, 0.3) is 0 Å².